The third-order valence-corrected chi connectivity index (χ3v) is 2.73. The maximum Gasteiger partial charge on any atom is 0.254 e. The van der Waals surface area contributed by atoms with Gasteiger partial charge in [0.25, 0.3) is 5.91 Å². The van der Waals surface area contributed by atoms with Gasteiger partial charge in [0.15, 0.2) is 0 Å². The summed E-state index contributed by atoms with van der Waals surface area (Å²) in [6.07, 6.45) is 0.981. The van der Waals surface area contributed by atoms with Gasteiger partial charge in [-0.1, -0.05) is 13.0 Å². The largest absolute Gasteiger partial charge is 0.345 e. The van der Waals surface area contributed by atoms with Gasteiger partial charge in [0, 0.05) is 18.6 Å². The number of benzene rings is 1. The molecule has 76 valence electrons. The molecule has 0 aliphatic carbocycles. The van der Waals surface area contributed by atoms with Crippen LogP contribution in [0.3, 0.4) is 0 Å². The summed E-state index contributed by atoms with van der Waals surface area (Å²) in [5.41, 5.74) is 1.94. The van der Waals surface area contributed by atoms with Crippen molar-refractivity contribution in [3.05, 3.63) is 33.8 Å². The summed E-state index contributed by atoms with van der Waals surface area (Å²) < 4.78 is 0.871. The molecule has 14 heavy (non-hydrogen) atoms. The first-order valence-electron chi connectivity index (χ1n) is 4.56. The van der Waals surface area contributed by atoms with Crippen LogP contribution in [-0.2, 0) is 6.42 Å². The lowest BCUT2D eigenvalue weighted by molar-refractivity contribution is 0.0826. The Bertz CT molecular complexity index is 347. The Morgan fingerprint density at radius 1 is 1.43 bits per heavy atom. The van der Waals surface area contributed by atoms with Crippen molar-refractivity contribution in [3.8, 4) is 0 Å². The average Bonchev–Trinajstić information content (AvgIpc) is 2.16. The monoisotopic (exact) mass is 255 g/mol. The number of carbonyl (C=O) groups excluding carboxylic acids is 1. The molecule has 0 bridgehead atoms. The average molecular weight is 256 g/mol. The molecule has 0 aliphatic heterocycles. The number of amides is 1. The summed E-state index contributed by atoms with van der Waals surface area (Å²) in [5.74, 6) is 0.0273. The zero-order valence-electron chi connectivity index (χ0n) is 8.67. The Labute approximate surface area is 93.0 Å². The maximum atomic E-state index is 11.7. The molecular weight excluding hydrogens is 242 g/mol. The van der Waals surface area contributed by atoms with Crippen LogP contribution in [0, 0.1) is 0 Å². The van der Waals surface area contributed by atoms with Crippen molar-refractivity contribution in [2.75, 3.05) is 14.1 Å². The molecule has 3 heteroatoms. The van der Waals surface area contributed by atoms with Crippen molar-refractivity contribution in [1.29, 1.82) is 0 Å². The topological polar surface area (TPSA) is 20.3 Å². The normalized spacial score (nSPS) is 10.0. The molecule has 0 atom stereocenters. The molecule has 1 amide bonds. The van der Waals surface area contributed by atoms with Crippen LogP contribution in [0.5, 0.6) is 0 Å². The minimum atomic E-state index is 0.0273. The van der Waals surface area contributed by atoms with E-state index in [1.807, 2.05) is 18.2 Å². The van der Waals surface area contributed by atoms with E-state index in [1.165, 1.54) is 5.56 Å². The van der Waals surface area contributed by atoms with E-state index in [0.717, 1.165) is 10.9 Å². The predicted octanol–water partition coefficient (Wildman–Crippen LogP) is 2.71. The van der Waals surface area contributed by atoms with Crippen LogP contribution >= 0.6 is 15.9 Å². The molecule has 0 N–H and O–H groups in total. The fourth-order valence-electron chi connectivity index (χ4n) is 1.19. The molecule has 1 rings (SSSR count). The summed E-state index contributed by atoms with van der Waals surface area (Å²) >= 11 is 3.41. The first kappa shape index (κ1) is 11.2. The lowest BCUT2D eigenvalue weighted by Gasteiger charge is -2.12. The van der Waals surface area contributed by atoms with E-state index in [1.54, 1.807) is 19.0 Å². The highest BCUT2D eigenvalue weighted by atomic mass is 79.9. The molecule has 0 spiro atoms. The van der Waals surface area contributed by atoms with Crippen LogP contribution in [0.4, 0.5) is 0 Å². The van der Waals surface area contributed by atoms with E-state index in [2.05, 4.69) is 22.9 Å². The lowest BCUT2D eigenvalue weighted by atomic mass is 10.1. The van der Waals surface area contributed by atoms with Crippen LogP contribution in [0.25, 0.3) is 0 Å². The highest BCUT2D eigenvalue weighted by Gasteiger charge is 2.11. The molecule has 0 saturated heterocycles. The van der Waals surface area contributed by atoms with Crippen molar-refractivity contribution >= 4 is 21.8 Å². The minimum absolute atomic E-state index is 0.0273. The standard InChI is InChI=1S/C11H14BrNO/c1-4-8-5-6-9(10(12)7-8)11(14)13(2)3/h5-7H,4H2,1-3H3. The van der Waals surface area contributed by atoms with Crippen LogP contribution in [-0.4, -0.2) is 24.9 Å². The predicted molar refractivity (Wildman–Crippen MR) is 61.5 cm³/mol. The number of carbonyl (C=O) groups is 1. The number of nitrogens with zero attached hydrogens (tertiary/aromatic N) is 1. The van der Waals surface area contributed by atoms with Crippen molar-refractivity contribution in [1.82, 2.24) is 4.90 Å². The van der Waals surface area contributed by atoms with Crippen LogP contribution < -0.4 is 0 Å². The summed E-state index contributed by atoms with van der Waals surface area (Å²) in [5, 5.41) is 0. The van der Waals surface area contributed by atoms with Gasteiger partial charge in [0.1, 0.15) is 0 Å². The SMILES string of the molecule is CCc1ccc(C(=O)N(C)C)c(Br)c1. The van der Waals surface area contributed by atoms with E-state index in [9.17, 15) is 4.79 Å². The summed E-state index contributed by atoms with van der Waals surface area (Å²) in [6.45, 7) is 2.09. The third-order valence-electron chi connectivity index (χ3n) is 2.08. The fraction of sp³-hybridized carbons (Fsp3) is 0.364. The lowest BCUT2D eigenvalue weighted by Crippen LogP contribution is -2.22. The number of hydrogen-bond acceptors (Lipinski definition) is 1. The van der Waals surface area contributed by atoms with Gasteiger partial charge >= 0.3 is 0 Å². The van der Waals surface area contributed by atoms with Gasteiger partial charge < -0.3 is 4.90 Å². The Balaban J connectivity index is 3.06. The zero-order valence-corrected chi connectivity index (χ0v) is 10.3. The van der Waals surface area contributed by atoms with Gasteiger partial charge in [0.2, 0.25) is 0 Å². The second-order valence-corrected chi connectivity index (χ2v) is 4.22. The quantitative estimate of drug-likeness (QED) is 0.796. The van der Waals surface area contributed by atoms with Crippen LogP contribution in [0.2, 0.25) is 0 Å². The van der Waals surface area contributed by atoms with Gasteiger partial charge in [-0.15, -0.1) is 0 Å². The second-order valence-electron chi connectivity index (χ2n) is 3.37. The van der Waals surface area contributed by atoms with E-state index >= 15 is 0 Å². The molecule has 0 aromatic heterocycles. The summed E-state index contributed by atoms with van der Waals surface area (Å²) in [6, 6.07) is 5.85. The van der Waals surface area contributed by atoms with Gasteiger partial charge in [-0.25, -0.2) is 0 Å². The van der Waals surface area contributed by atoms with Crippen molar-refractivity contribution in [2.24, 2.45) is 0 Å². The molecule has 0 saturated carbocycles. The Kier molecular flexibility index (Phi) is 3.69. The van der Waals surface area contributed by atoms with E-state index in [-0.39, 0.29) is 5.91 Å². The summed E-state index contributed by atoms with van der Waals surface area (Å²) in [4.78, 5) is 13.2. The van der Waals surface area contributed by atoms with E-state index < -0.39 is 0 Å². The first-order valence-corrected chi connectivity index (χ1v) is 5.35. The fourth-order valence-corrected chi connectivity index (χ4v) is 1.79. The maximum absolute atomic E-state index is 11.7. The number of rotatable bonds is 2. The van der Waals surface area contributed by atoms with Crippen molar-refractivity contribution < 1.29 is 4.79 Å². The second kappa shape index (κ2) is 4.60. The van der Waals surface area contributed by atoms with Crippen LogP contribution in [0.15, 0.2) is 22.7 Å². The first-order chi connectivity index (χ1) is 6.56. The van der Waals surface area contributed by atoms with Gasteiger partial charge in [-0.2, -0.15) is 0 Å². The van der Waals surface area contributed by atoms with Crippen molar-refractivity contribution in [3.63, 3.8) is 0 Å². The third kappa shape index (κ3) is 2.35. The molecule has 0 heterocycles. The van der Waals surface area contributed by atoms with E-state index in [0.29, 0.717) is 5.56 Å². The van der Waals surface area contributed by atoms with Crippen molar-refractivity contribution in [2.45, 2.75) is 13.3 Å². The highest BCUT2D eigenvalue weighted by Crippen LogP contribution is 2.19. The van der Waals surface area contributed by atoms with Gasteiger partial charge in [-0.05, 0) is 40.0 Å². The number of halogens is 1. The van der Waals surface area contributed by atoms with Crippen LogP contribution in [0.1, 0.15) is 22.8 Å². The summed E-state index contributed by atoms with van der Waals surface area (Å²) in [7, 11) is 3.50. The molecule has 0 aliphatic rings. The minimum Gasteiger partial charge on any atom is -0.345 e. The molecule has 0 radical (unpaired) electrons. The van der Waals surface area contributed by atoms with Gasteiger partial charge in [-0.3, -0.25) is 4.79 Å². The Morgan fingerprint density at radius 3 is 2.50 bits per heavy atom. The molecule has 1 aromatic carbocycles. The molecule has 2 nitrogen and oxygen atoms in total. The number of hydrogen-bond donors (Lipinski definition) is 0. The van der Waals surface area contributed by atoms with Gasteiger partial charge in [0.05, 0.1) is 5.56 Å². The Hall–Kier alpha value is -0.830. The Morgan fingerprint density at radius 2 is 2.07 bits per heavy atom. The highest BCUT2D eigenvalue weighted by molar-refractivity contribution is 9.10. The molecule has 0 fully saturated rings. The molecule has 0 unspecified atom stereocenters. The van der Waals surface area contributed by atoms with E-state index in [4.69, 9.17) is 0 Å². The molecule has 1 aromatic rings. The zero-order chi connectivity index (χ0) is 10.7. The molecular formula is C11H14BrNO. The smallest absolute Gasteiger partial charge is 0.254 e. The number of aryl methyl sites for hydroxylation is 1.